The topological polar surface area (TPSA) is 109 Å². The Morgan fingerprint density at radius 2 is 1.85 bits per heavy atom. The molecule has 0 aliphatic rings. The summed E-state index contributed by atoms with van der Waals surface area (Å²) in [4.78, 5) is 30.6. The molecule has 6 heteroatoms. The quantitative estimate of drug-likeness (QED) is 0.466. The van der Waals surface area contributed by atoms with Gasteiger partial charge in [-0.15, -0.1) is 0 Å². The molecule has 0 saturated heterocycles. The van der Waals surface area contributed by atoms with Gasteiger partial charge in [0.25, 0.3) is 0 Å². The lowest BCUT2D eigenvalue weighted by molar-refractivity contribution is -0.309. The minimum Gasteiger partial charge on any atom is -0.550 e. The summed E-state index contributed by atoms with van der Waals surface area (Å²) in [5.41, 5.74) is -0.546. The summed E-state index contributed by atoms with van der Waals surface area (Å²) in [6, 6.07) is 0. The predicted octanol–water partition coefficient (Wildman–Crippen LogP) is -3.10. The molecule has 0 aliphatic heterocycles. The highest BCUT2D eigenvalue weighted by Gasteiger charge is 1.99. The Morgan fingerprint density at radius 3 is 2.15 bits per heavy atom. The molecule has 0 aromatic carbocycles. The first-order valence-electron chi connectivity index (χ1n) is 3.31. The SMILES string of the molecule is CC(=O)N/C=C(/CC(=O)[O-])C(=O)[O-]. The largest absolute Gasteiger partial charge is 0.550 e. The number of carbonyl (C=O) groups excluding carboxylic acids is 3. The standard InChI is InChI=1S/C7H9NO5/c1-4(9)8-3-5(7(12)13)2-6(10)11/h3H,2H2,1H3,(H,8,9)(H,10,11)(H,12,13)/p-2/b5-3-. The number of carbonyl (C=O) groups is 3. The highest BCUT2D eigenvalue weighted by Crippen LogP contribution is 1.96. The predicted molar refractivity (Wildman–Crippen MR) is 36.5 cm³/mol. The van der Waals surface area contributed by atoms with Crippen molar-refractivity contribution < 1.29 is 24.6 Å². The zero-order chi connectivity index (χ0) is 10.4. The summed E-state index contributed by atoms with van der Waals surface area (Å²) in [6.07, 6.45) is -0.0317. The van der Waals surface area contributed by atoms with E-state index in [9.17, 15) is 24.6 Å². The van der Waals surface area contributed by atoms with E-state index >= 15 is 0 Å². The van der Waals surface area contributed by atoms with Crippen molar-refractivity contribution in [1.29, 1.82) is 0 Å². The van der Waals surface area contributed by atoms with Crippen LogP contribution in [0.3, 0.4) is 0 Å². The molecule has 1 N–H and O–H groups in total. The zero-order valence-corrected chi connectivity index (χ0v) is 6.83. The molecule has 6 nitrogen and oxygen atoms in total. The van der Waals surface area contributed by atoms with E-state index in [1.54, 1.807) is 0 Å². The van der Waals surface area contributed by atoms with Gasteiger partial charge in [0.1, 0.15) is 0 Å². The van der Waals surface area contributed by atoms with E-state index in [-0.39, 0.29) is 0 Å². The number of aliphatic carboxylic acids is 2. The normalized spacial score (nSPS) is 10.7. The third-order valence-electron chi connectivity index (χ3n) is 1.05. The van der Waals surface area contributed by atoms with Crippen molar-refractivity contribution in [3.8, 4) is 0 Å². The van der Waals surface area contributed by atoms with Gasteiger partial charge in [0.15, 0.2) is 0 Å². The minimum absolute atomic E-state index is 0.503. The molecular weight excluding hydrogens is 178 g/mol. The maximum Gasteiger partial charge on any atom is 0.220 e. The molecule has 72 valence electrons. The smallest absolute Gasteiger partial charge is 0.220 e. The minimum atomic E-state index is -1.65. The third kappa shape index (κ3) is 5.42. The van der Waals surface area contributed by atoms with Crippen LogP contribution in [0.5, 0.6) is 0 Å². The van der Waals surface area contributed by atoms with Gasteiger partial charge in [0.05, 0.1) is 5.97 Å². The fourth-order valence-corrected chi connectivity index (χ4v) is 0.526. The fraction of sp³-hybridized carbons (Fsp3) is 0.286. The van der Waals surface area contributed by atoms with Crippen LogP contribution < -0.4 is 15.5 Å². The highest BCUT2D eigenvalue weighted by atomic mass is 16.4. The van der Waals surface area contributed by atoms with Crippen LogP contribution in [0.4, 0.5) is 0 Å². The molecular formula is C7H7NO5-2. The highest BCUT2D eigenvalue weighted by molar-refractivity contribution is 5.90. The Kier molecular flexibility index (Phi) is 4.21. The summed E-state index contributed by atoms with van der Waals surface area (Å²) in [6.45, 7) is 1.16. The van der Waals surface area contributed by atoms with Gasteiger partial charge in [-0.05, 0) is 5.57 Å². The van der Waals surface area contributed by atoms with Gasteiger partial charge in [-0.3, -0.25) is 4.79 Å². The van der Waals surface area contributed by atoms with Crippen molar-refractivity contribution in [1.82, 2.24) is 5.32 Å². The lowest BCUT2D eigenvalue weighted by atomic mass is 10.2. The van der Waals surface area contributed by atoms with E-state index in [0.29, 0.717) is 0 Å². The number of amides is 1. The number of nitrogens with one attached hydrogen (secondary N) is 1. The molecule has 0 rings (SSSR count). The summed E-state index contributed by atoms with van der Waals surface area (Å²) in [7, 11) is 0. The molecule has 1 amide bonds. The average molecular weight is 185 g/mol. The van der Waals surface area contributed by atoms with Crippen LogP contribution in [0, 0.1) is 0 Å². The van der Waals surface area contributed by atoms with Crippen molar-refractivity contribution in [2.45, 2.75) is 13.3 Å². The van der Waals surface area contributed by atoms with Crippen LogP contribution in [0.15, 0.2) is 11.8 Å². The molecule has 0 heterocycles. The van der Waals surface area contributed by atoms with Crippen molar-refractivity contribution in [3.05, 3.63) is 11.8 Å². The first kappa shape index (κ1) is 11.2. The average Bonchev–Trinajstić information content (AvgIpc) is 1.96. The van der Waals surface area contributed by atoms with E-state index in [4.69, 9.17) is 0 Å². The summed E-state index contributed by atoms with van der Waals surface area (Å²) in [5, 5.41) is 22.2. The van der Waals surface area contributed by atoms with Crippen LogP contribution in [0.25, 0.3) is 0 Å². The molecule has 0 saturated carbocycles. The van der Waals surface area contributed by atoms with Crippen LogP contribution in [0.1, 0.15) is 13.3 Å². The third-order valence-corrected chi connectivity index (χ3v) is 1.05. The summed E-state index contributed by atoms with van der Waals surface area (Å²) >= 11 is 0. The van der Waals surface area contributed by atoms with Crippen LogP contribution in [0.2, 0.25) is 0 Å². The van der Waals surface area contributed by atoms with Gasteiger partial charge in [-0.2, -0.15) is 0 Å². The Hall–Kier alpha value is -1.85. The maximum absolute atomic E-state index is 10.3. The Balaban J connectivity index is 4.41. The second-order valence-electron chi connectivity index (χ2n) is 2.21. The molecule has 0 atom stereocenters. The molecule has 0 spiro atoms. The van der Waals surface area contributed by atoms with Gasteiger partial charge in [-0.1, -0.05) is 0 Å². The first-order chi connectivity index (χ1) is 5.93. The number of carboxylic acids is 2. The van der Waals surface area contributed by atoms with Crippen LogP contribution in [-0.2, 0) is 14.4 Å². The number of carboxylic acid groups (broad SMARTS) is 2. The fourth-order valence-electron chi connectivity index (χ4n) is 0.526. The van der Waals surface area contributed by atoms with Gasteiger partial charge >= 0.3 is 0 Å². The van der Waals surface area contributed by atoms with Gasteiger partial charge < -0.3 is 25.1 Å². The van der Waals surface area contributed by atoms with Crippen LogP contribution in [-0.4, -0.2) is 17.8 Å². The van der Waals surface area contributed by atoms with E-state index in [1.165, 1.54) is 0 Å². The second kappa shape index (κ2) is 4.91. The lowest BCUT2D eigenvalue weighted by Gasteiger charge is -2.08. The second-order valence-corrected chi connectivity index (χ2v) is 2.21. The first-order valence-corrected chi connectivity index (χ1v) is 3.31. The maximum atomic E-state index is 10.3. The number of rotatable bonds is 4. The Labute approximate surface area is 73.9 Å². The van der Waals surface area contributed by atoms with E-state index < -0.39 is 29.8 Å². The lowest BCUT2D eigenvalue weighted by Crippen LogP contribution is -2.31. The Bertz CT molecular complexity index is 268. The van der Waals surface area contributed by atoms with E-state index in [0.717, 1.165) is 13.1 Å². The molecule has 0 bridgehead atoms. The van der Waals surface area contributed by atoms with Gasteiger partial charge in [0.2, 0.25) is 5.91 Å². The molecule has 0 aliphatic carbocycles. The molecule has 0 radical (unpaired) electrons. The number of hydrogen-bond acceptors (Lipinski definition) is 5. The van der Waals surface area contributed by atoms with Crippen molar-refractivity contribution in [2.75, 3.05) is 0 Å². The van der Waals surface area contributed by atoms with Crippen molar-refractivity contribution in [3.63, 3.8) is 0 Å². The molecule has 0 fully saturated rings. The van der Waals surface area contributed by atoms with E-state index in [2.05, 4.69) is 0 Å². The van der Waals surface area contributed by atoms with Gasteiger partial charge in [-0.25, -0.2) is 0 Å². The molecule has 0 unspecified atom stereocenters. The molecule has 0 aromatic rings. The van der Waals surface area contributed by atoms with Crippen molar-refractivity contribution >= 4 is 17.8 Å². The van der Waals surface area contributed by atoms with E-state index in [1.807, 2.05) is 5.32 Å². The molecule has 0 aromatic heterocycles. The van der Waals surface area contributed by atoms with Gasteiger partial charge in [0, 0.05) is 25.5 Å². The molecule has 13 heavy (non-hydrogen) atoms. The van der Waals surface area contributed by atoms with Crippen LogP contribution >= 0.6 is 0 Å². The Morgan fingerprint density at radius 1 is 1.31 bits per heavy atom. The number of hydrogen-bond donors (Lipinski definition) is 1. The summed E-state index contributed by atoms with van der Waals surface area (Å²) in [5.74, 6) is -3.71. The zero-order valence-electron chi connectivity index (χ0n) is 6.83. The summed E-state index contributed by atoms with van der Waals surface area (Å²) < 4.78 is 0. The monoisotopic (exact) mass is 185 g/mol. The van der Waals surface area contributed by atoms with Crippen molar-refractivity contribution in [2.24, 2.45) is 0 Å².